The number of nitro benzene ring substituents is 1. The number of fused-ring (bicyclic) bond motifs is 1. The van der Waals surface area contributed by atoms with Gasteiger partial charge in [0.15, 0.2) is 0 Å². The standard InChI is InChI=1S/C25H20ClN3O4S/c26-21-11-7-18(13-22(21)29(32)33)24(31)27-19-8-4-16(5-9-19)25-28(23(30)14-34-25)20-10-6-15-2-1-3-17(15)12-20/h4-13,25H,1-3,14H2,(H,27,31)/t25-/m1/s1. The molecule has 5 rings (SSSR count). The van der Waals surface area contributed by atoms with E-state index in [1.165, 1.54) is 23.3 Å². The Morgan fingerprint density at radius 3 is 2.59 bits per heavy atom. The van der Waals surface area contributed by atoms with Crippen molar-refractivity contribution in [2.75, 3.05) is 16.0 Å². The Labute approximate surface area is 205 Å². The van der Waals surface area contributed by atoms with Gasteiger partial charge in [-0.25, -0.2) is 0 Å². The monoisotopic (exact) mass is 493 g/mol. The van der Waals surface area contributed by atoms with Gasteiger partial charge in [0.1, 0.15) is 10.4 Å². The zero-order chi connectivity index (χ0) is 23.8. The summed E-state index contributed by atoms with van der Waals surface area (Å²) in [6.45, 7) is 0. The predicted molar refractivity (Wildman–Crippen MR) is 134 cm³/mol. The van der Waals surface area contributed by atoms with E-state index in [1.54, 1.807) is 23.9 Å². The molecule has 0 radical (unpaired) electrons. The van der Waals surface area contributed by atoms with E-state index in [0.29, 0.717) is 11.4 Å². The molecule has 1 fully saturated rings. The molecule has 1 aliphatic heterocycles. The second kappa shape index (κ2) is 9.12. The molecule has 0 unspecified atom stereocenters. The average molecular weight is 494 g/mol. The second-order valence-electron chi connectivity index (χ2n) is 8.23. The van der Waals surface area contributed by atoms with Gasteiger partial charge in [-0.2, -0.15) is 0 Å². The molecule has 172 valence electrons. The van der Waals surface area contributed by atoms with E-state index in [4.69, 9.17) is 11.6 Å². The Balaban J connectivity index is 1.33. The van der Waals surface area contributed by atoms with Gasteiger partial charge in [0, 0.05) is 23.0 Å². The molecule has 1 aliphatic carbocycles. The van der Waals surface area contributed by atoms with Crippen LogP contribution in [-0.4, -0.2) is 22.5 Å². The maximum Gasteiger partial charge on any atom is 0.288 e. The summed E-state index contributed by atoms with van der Waals surface area (Å²) in [5.74, 6) is 0.0163. The van der Waals surface area contributed by atoms with E-state index in [9.17, 15) is 19.7 Å². The van der Waals surface area contributed by atoms with Crippen LogP contribution in [0.25, 0.3) is 0 Å². The smallest absolute Gasteiger partial charge is 0.288 e. The molecule has 3 aromatic rings. The summed E-state index contributed by atoms with van der Waals surface area (Å²) >= 11 is 7.40. The van der Waals surface area contributed by atoms with E-state index < -0.39 is 10.8 Å². The molecule has 0 bridgehead atoms. The van der Waals surface area contributed by atoms with Crippen LogP contribution in [0.3, 0.4) is 0 Å². The minimum atomic E-state index is -0.624. The number of halogens is 1. The summed E-state index contributed by atoms with van der Waals surface area (Å²) in [7, 11) is 0. The van der Waals surface area contributed by atoms with Crippen molar-refractivity contribution in [2.45, 2.75) is 24.6 Å². The lowest BCUT2D eigenvalue weighted by Crippen LogP contribution is -2.27. The first-order valence-electron chi connectivity index (χ1n) is 10.8. The highest BCUT2D eigenvalue weighted by Crippen LogP contribution is 2.43. The number of thioether (sulfide) groups is 1. The molecule has 2 amide bonds. The summed E-state index contributed by atoms with van der Waals surface area (Å²) in [5, 5.41) is 13.7. The fraction of sp³-hybridized carbons (Fsp3) is 0.200. The maximum atomic E-state index is 12.7. The predicted octanol–water partition coefficient (Wildman–Crippen LogP) is 5.77. The quantitative estimate of drug-likeness (QED) is 0.360. The third-order valence-corrected chi connectivity index (χ3v) is 7.62. The minimum absolute atomic E-state index is 0.0255. The van der Waals surface area contributed by atoms with E-state index in [1.807, 2.05) is 23.1 Å². The zero-order valence-electron chi connectivity index (χ0n) is 18.0. The molecule has 0 saturated carbocycles. The molecule has 7 nitrogen and oxygen atoms in total. The van der Waals surface area contributed by atoms with Gasteiger partial charge in [0.05, 0.1) is 10.7 Å². The molecule has 3 aromatic carbocycles. The molecular weight excluding hydrogens is 474 g/mol. The van der Waals surface area contributed by atoms with E-state index in [0.717, 1.165) is 36.6 Å². The van der Waals surface area contributed by atoms with Crippen molar-refractivity contribution in [3.05, 3.63) is 98.1 Å². The summed E-state index contributed by atoms with van der Waals surface area (Å²) < 4.78 is 0. The van der Waals surface area contributed by atoms with Crippen molar-refractivity contribution in [2.24, 2.45) is 0 Å². The number of nitro groups is 1. The molecule has 1 heterocycles. The molecule has 1 N–H and O–H groups in total. The highest BCUT2D eigenvalue weighted by atomic mass is 35.5. The Bertz CT molecular complexity index is 1310. The Hall–Kier alpha value is -3.36. The van der Waals surface area contributed by atoms with E-state index in [2.05, 4.69) is 17.4 Å². The number of nitrogens with one attached hydrogen (secondary N) is 1. The molecular formula is C25H20ClN3O4S. The molecule has 34 heavy (non-hydrogen) atoms. The zero-order valence-corrected chi connectivity index (χ0v) is 19.6. The van der Waals surface area contributed by atoms with Gasteiger partial charge in [-0.15, -0.1) is 11.8 Å². The number of carbonyl (C=O) groups is 2. The van der Waals surface area contributed by atoms with Crippen molar-refractivity contribution in [1.82, 2.24) is 0 Å². The van der Waals surface area contributed by atoms with E-state index >= 15 is 0 Å². The number of hydrogen-bond acceptors (Lipinski definition) is 5. The summed E-state index contributed by atoms with van der Waals surface area (Å²) in [5.41, 5.74) is 4.93. The number of rotatable bonds is 5. The van der Waals surface area contributed by atoms with Crippen molar-refractivity contribution in [3.8, 4) is 0 Å². The topological polar surface area (TPSA) is 92.6 Å². The van der Waals surface area contributed by atoms with Gasteiger partial charge in [-0.3, -0.25) is 24.6 Å². The lowest BCUT2D eigenvalue weighted by molar-refractivity contribution is -0.384. The first-order chi connectivity index (χ1) is 16.4. The number of hydrogen-bond donors (Lipinski definition) is 1. The highest BCUT2D eigenvalue weighted by Gasteiger charge is 2.34. The van der Waals surface area contributed by atoms with Crippen LogP contribution in [0, 0.1) is 10.1 Å². The molecule has 0 aromatic heterocycles. The van der Waals surface area contributed by atoms with Gasteiger partial charge < -0.3 is 5.32 Å². The minimum Gasteiger partial charge on any atom is -0.322 e. The number of anilines is 2. The Kier molecular flexibility index (Phi) is 6.02. The molecule has 1 atom stereocenters. The fourth-order valence-electron chi connectivity index (χ4n) is 4.39. The molecule has 0 spiro atoms. The fourth-order valence-corrected chi connectivity index (χ4v) is 5.75. The largest absolute Gasteiger partial charge is 0.322 e. The van der Waals surface area contributed by atoms with Gasteiger partial charge in [-0.1, -0.05) is 29.8 Å². The third kappa shape index (κ3) is 4.26. The lowest BCUT2D eigenvalue weighted by atomic mass is 10.1. The van der Waals surface area contributed by atoms with Crippen LogP contribution in [0.5, 0.6) is 0 Å². The first-order valence-corrected chi connectivity index (χ1v) is 12.2. The van der Waals surface area contributed by atoms with Crippen LogP contribution < -0.4 is 10.2 Å². The summed E-state index contributed by atoms with van der Waals surface area (Å²) in [4.78, 5) is 37.6. The van der Waals surface area contributed by atoms with Crippen LogP contribution in [-0.2, 0) is 17.6 Å². The summed E-state index contributed by atoms with van der Waals surface area (Å²) in [6.07, 6.45) is 3.30. The summed E-state index contributed by atoms with van der Waals surface area (Å²) in [6, 6.07) is 17.5. The highest BCUT2D eigenvalue weighted by molar-refractivity contribution is 8.00. The van der Waals surface area contributed by atoms with Crippen LogP contribution in [0.15, 0.2) is 60.7 Å². The SMILES string of the molecule is O=C(Nc1ccc([C@H]2SCC(=O)N2c2ccc3c(c2)CCC3)cc1)c1ccc(Cl)c([N+](=O)[O-])c1. The average Bonchev–Trinajstić information content (AvgIpc) is 3.45. The number of carbonyl (C=O) groups excluding carboxylic acids is 2. The van der Waals surface area contributed by atoms with Crippen LogP contribution in [0.1, 0.15) is 38.8 Å². The van der Waals surface area contributed by atoms with Crippen molar-refractivity contribution < 1.29 is 14.5 Å². The van der Waals surface area contributed by atoms with Crippen molar-refractivity contribution in [3.63, 3.8) is 0 Å². The van der Waals surface area contributed by atoms with Gasteiger partial charge in [0.2, 0.25) is 5.91 Å². The van der Waals surface area contributed by atoms with E-state index in [-0.39, 0.29) is 27.6 Å². The number of benzene rings is 3. The maximum absolute atomic E-state index is 12.7. The van der Waals surface area contributed by atoms with Gasteiger partial charge in [-0.05, 0) is 72.4 Å². The molecule has 1 saturated heterocycles. The van der Waals surface area contributed by atoms with Crippen molar-refractivity contribution >= 4 is 52.2 Å². The Morgan fingerprint density at radius 2 is 1.82 bits per heavy atom. The number of amides is 2. The van der Waals surface area contributed by atoms with Gasteiger partial charge >= 0.3 is 0 Å². The number of aryl methyl sites for hydroxylation is 2. The molecule has 9 heteroatoms. The Morgan fingerprint density at radius 1 is 1.06 bits per heavy atom. The lowest BCUT2D eigenvalue weighted by Gasteiger charge is -2.25. The van der Waals surface area contributed by atoms with Crippen LogP contribution >= 0.6 is 23.4 Å². The number of nitrogens with zero attached hydrogens (tertiary/aromatic N) is 2. The van der Waals surface area contributed by atoms with Crippen LogP contribution in [0.2, 0.25) is 5.02 Å². The van der Waals surface area contributed by atoms with Crippen molar-refractivity contribution in [1.29, 1.82) is 0 Å². The first kappa shape index (κ1) is 22.4. The normalized spacial score (nSPS) is 17.0. The molecule has 2 aliphatic rings. The van der Waals surface area contributed by atoms with Gasteiger partial charge in [0.25, 0.3) is 11.6 Å². The third-order valence-electron chi connectivity index (χ3n) is 6.09. The second-order valence-corrected chi connectivity index (χ2v) is 9.71. The van der Waals surface area contributed by atoms with Crippen LogP contribution in [0.4, 0.5) is 17.1 Å².